The van der Waals surface area contributed by atoms with Gasteiger partial charge in [0.05, 0.1) is 18.1 Å². The molecule has 1 aromatic heterocycles. The largest absolute Gasteiger partial charge is 0.379 e. The normalized spacial score (nSPS) is 16.0. The lowest BCUT2D eigenvalue weighted by atomic mass is 10.2. The lowest BCUT2D eigenvalue weighted by Gasteiger charge is -2.26. The van der Waals surface area contributed by atoms with E-state index in [9.17, 15) is 13.2 Å². The maximum atomic E-state index is 12.6. The van der Waals surface area contributed by atoms with E-state index in [1.807, 2.05) is 6.92 Å². The molecule has 1 saturated heterocycles. The van der Waals surface area contributed by atoms with Crippen molar-refractivity contribution in [2.75, 3.05) is 31.6 Å². The van der Waals surface area contributed by atoms with Gasteiger partial charge in [0.25, 0.3) is 0 Å². The van der Waals surface area contributed by atoms with Crippen LogP contribution in [-0.2, 0) is 19.6 Å². The van der Waals surface area contributed by atoms with Crippen LogP contribution in [0, 0.1) is 6.92 Å². The number of nitrogens with one attached hydrogen (secondary N) is 1. The van der Waals surface area contributed by atoms with E-state index in [2.05, 4.69) is 10.3 Å². The monoisotopic (exact) mass is 393 g/mol. The van der Waals surface area contributed by atoms with Crippen LogP contribution in [0.5, 0.6) is 0 Å². The van der Waals surface area contributed by atoms with Gasteiger partial charge in [-0.05, 0) is 30.7 Å². The van der Waals surface area contributed by atoms with Crippen molar-refractivity contribution in [1.29, 1.82) is 0 Å². The number of sulfonamides is 1. The molecule has 138 valence electrons. The van der Waals surface area contributed by atoms with E-state index in [4.69, 9.17) is 4.74 Å². The number of morpholine rings is 1. The number of rotatable bonds is 5. The topological polar surface area (TPSA) is 88.6 Å². The molecule has 7 nitrogen and oxygen atoms in total. The molecule has 9 heteroatoms. The summed E-state index contributed by atoms with van der Waals surface area (Å²) in [5, 5.41) is 3.22. The van der Waals surface area contributed by atoms with E-state index < -0.39 is 10.0 Å². The Labute approximate surface area is 156 Å². The molecule has 3 rings (SSSR count). The molecule has 0 saturated carbocycles. The van der Waals surface area contributed by atoms with Crippen LogP contribution in [0.1, 0.15) is 10.4 Å². The molecule has 0 radical (unpaired) electrons. The van der Waals surface area contributed by atoms with E-state index >= 15 is 0 Å². The number of carbonyl (C=O) groups is 1. The highest BCUT2D eigenvalue weighted by molar-refractivity contribution is 7.89. The minimum absolute atomic E-state index is 0.235. The highest BCUT2D eigenvalue weighted by atomic mass is 32.2. The molecule has 0 bridgehead atoms. The van der Waals surface area contributed by atoms with Crippen molar-refractivity contribution in [1.82, 2.24) is 9.29 Å². The number of aromatic nitrogens is 1. The number of benzene rings is 1. The molecule has 0 unspecified atom stereocenters. The van der Waals surface area contributed by atoms with Crippen molar-refractivity contribution in [3.05, 3.63) is 47.0 Å². The SMILES string of the molecule is Cc1cnc(NC(=O)C=Cc2ccc(S(=O)(=O)N3CCOCC3)cc2)s1. The third-order valence-corrected chi connectivity index (χ3v) is 6.51. The number of amides is 1. The molecule has 1 aliphatic heterocycles. The van der Waals surface area contributed by atoms with Gasteiger partial charge in [0.1, 0.15) is 0 Å². The fourth-order valence-electron chi connectivity index (χ4n) is 2.42. The number of anilines is 1. The summed E-state index contributed by atoms with van der Waals surface area (Å²) in [6, 6.07) is 6.44. The number of thiazole rings is 1. The summed E-state index contributed by atoms with van der Waals surface area (Å²) in [5.41, 5.74) is 0.733. The molecule has 1 aromatic carbocycles. The van der Waals surface area contributed by atoms with Crippen molar-refractivity contribution in [3.63, 3.8) is 0 Å². The van der Waals surface area contributed by atoms with Crippen LogP contribution in [0.3, 0.4) is 0 Å². The molecule has 2 heterocycles. The Kier molecular flexibility index (Phi) is 5.82. The van der Waals surface area contributed by atoms with Gasteiger partial charge in [-0.15, -0.1) is 11.3 Å². The van der Waals surface area contributed by atoms with E-state index in [1.165, 1.54) is 21.7 Å². The Bertz CT molecular complexity index is 898. The van der Waals surface area contributed by atoms with E-state index in [0.29, 0.717) is 31.4 Å². The molecule has 1 amide bonds. The Balaban J connectivity index is 1.64. The third-order valence-electron chi connectivity index (χ3n) is 3.77. The maximum Gasteiger partial charge on any atom is 0.250 e. The third kappa shape index (κ3) is 4.55. The number of ether oxygens (including phenoxy) is 1. The molecule has 0 atom stereocenters. The number of nitrogens with zero attached hydrogens (tertiary/aromatic N) is 2. The zero-order chi connectivity index (χ0) is 18.6. The van der Waals surface area contributed by atoms with Gasteiger partial charge in [-0.1, -0.05) is 12.1 Å². The van der Waals surface area contributed by atoms with Crippen LogP contribution < -0.4 is 5.32 Å². The van der Waals surface area contributed by atoms with Crippen molar-refractivity contribution in [3.8, 4) is 0 Å². The Morgan fingerprint density at radius 2 is 1.96 bits per heavy atom. The van der Waals surface area contributed by atoms with Gasteiger partial charge >= 0.3 is 0 Å². The second-order valence-electron chi connectivity index (χ2n) is 5.68. The average molecular weight is 393 g/mol. The lowest BCUT2D eigenvalue weighted by molar-refractivity contribution is -0.111. The zero-order valence-corrected chi connectivity index (χ0v) is 15.8. The van der Waals surface area contributed by atoms with Gasteiger partial charge in [-0.2, -0.15) is 4.31 Å². The number of hydrogen-bond acceptors (Lipinski definition) is 6. The van der Waals surface area contributed by atoms with Crippen molar-refractivity contribution >= 4 is 38.5 Å². The second kappa shape index (κ2) is 8.09. The molecular formula is C17H19N3O4S2. The molecular weight excluding hydrogens is 374 g/mol. The van der Waals surface area contributed by atoms with E-state index in [-0.39, 0.29) is 10.8 Å². The summed E-state index contributed by atoms with van der Waals surface area (Å²) < 4.78 is 31.7. The Morgan fingerprint density at radius 1 is 1.27 bits per heavy atom. The number of aryl methyl sites for hydroxylation is 1. The minimum atomic E-state index is -3.51. The number of carbonyl (C=O) groups excluding carboxylic acids is 1. The summed E-state index contributed by atoms with van der Waals surface area (Å²) >= 11 is 1.40. The summed E-state index contributed by atoms with van der Waals surface area (Å²) in [4.78, 5) is 17.2. The summed E-state index contributed by atoms with van der Waals surface area (Å²) in [6.07, 6.45) is 4.71. The predicted molar refractivity (Wildman–Crippen MR) is 101 cm³/mol. The smallest absolute Gasteiger partial charge is 0.250 e. The van der Waals surface area contributed by atoms with Crippen LogP contribution in [0.2, 0.25) is 0 Å². The molecule has 26 heavy (non-hydrogen) atoms. The summed E-state index contributed by atoms with van der Waals surface area (Å²) in [7, 11) is -3.51. The number of hydrogen-bond donors (Lipinski definition) is 1. The van der Waals surface area contributed by atoms with Gasteiger partial charge < -0.3 is 4.74 Å². The second-order valence-corrected chi connectivity index (χ2v) is 8.86. The van der Waals surface area contributed by atoms with Crippen LogP contribution in [0.4, 0.5) is 5.13 Å². The highest BCUT2D eigenvalue weighted by Crippen LogP contribution is 2.19. The fraction of sp³-hybridized carbons (Fsp3) is 0.294. The predicted octanol–water partition coefficient (Wildman–Crippen LogP) is 2.12. The standard InChI is InChI=1S/C17H19N3O4S2/c1-13-12-18-17(25-13)19-16(21)7-4-14-2-5-15(6-3-14)26(22,23)20-8-10-24-11-9-20/h2-7,12H,8-11H2,1H3,(H,18,19,21). The molecule has 2 aromatic rings. The maximum absolute atomic E-state index is 12.6. The first kappa shape index (κ1) is 18.7. The summed E-state index contributed by atoms with van der Waals surface area (Å²) in [5.74, 6) is -0.288. The lowest BCUT2D eigenvalue weighted by Crippen LogP contribution is -2.40. The first-order valence-electron chi connectivity index (χ1n) is 8.04. The molecule has 1 aliphatic rings. The highest BCUT2D eigenvalue weighted by Gasteiger charge is 2.25. The zero-order valence-electron chi connectivity index (χ0n) is 14.2. The summed E-state index contributed by atoms with van der Waals surface area (Å²) in [6.45, 7) is 3.46. The van der Waals surface area contributed by atoms with Crippen LogP contribution >= 0.6 is 11.3 Å². The first-order chi connectivity index (χ1) is 12.4. The first-order valence-corrected chi connectivity index (χ1v) is 10.3. The van der Waals surface area contributed by atoms with Gasteiger partial charge in [0, 0.05) is 30.2 Å². The Hall–Kier alpha value is -2.07. The van der Waals surface area contributed by atoms with Crippen molar-refractivity contribution in [2.45, 2.75) is 11.8 Å². The van der Waals surface area contributed by atoms with Crippen LogP contribution in [0.15, 0.2) is 41.4 Å². The van der Waals surface area contributed by atoms with Gasteiger partial charge in [-0.25, -0.2) is 13.4 Å². The quantitative estimate of drug-likeness (QED) is 0.786. The molecule has 0 aliphatic carbocycles. The molecule has 1 N–H and O–H groups in total. The van der Waals surface area contributed by atoms with E-state index in [0.717, 1.165) is 10.4 Å². The van der Waals surface area contributed by atoms with E-state index in [1.54, 1.807) is 36.5 Å². The van der Waals surface area contributed by atoms with Crippen molar-refractivity contribution < 1.29 is 17.9 Å². The van der Waals surface area contributed by atoms with Gasteiger partial charge in [0.15, 0.2) is 5.13 Å². The van der Waals surface area contributed by atoms with Gasteiger partial charge in [0.2, 0.25) is 15.9 Å². The van der Waals surface area contributed by atoms with Crippen LogP contribution in [0.25, 0.3) is 6.08 Å². The fourth-order valence-corrected chi connectivity index (χ4v) is 4.49. The minimum Gasteiger partial charge on any atom is -0.379 e. The molecule has 0 spiro atoms. The van der Waals surface area contributed by atoms with Crippen molar-refractivity contribution in [2.24, 2.45) is 0 Å². The molecule has 1 fully saturated rings. The van der Waals surface area contributed by atoms with Crippen LogP contribution in [-0.4, -0.2) is 49.9 Å². The Morgan fingerprint density at radius 3 is 2.58 bits per heavy atom. The van der Waals surface area contributed by atoms with Gasteiger partial charge in [-0.3, -0.25) is 10.1 Å². The average Bonchev–Trinajstić information content (AvgIpc) is 3.06.